The van der Waals surface area contributed by atoms with E-state index in [1.54, 1.807) is 27.8 Å². The van der Waals surface area contributed by atoms with Crippen LogP contribution in [0.1, 0.15) is 20.8 Å². The van der Waals surface area contributed by atoms with Crippen LogP contribution >= 0.6 is 0 Å². The molecule has 0 aliphatic heterocycles. The average molecular weight is 172 g/mol. The minimum atomic E-state index is -1.09. The number of nitrogens with one attached hydrogen (secondary N) is 1. The highest BCUT2D eigenvalue weighted by Crippen LogP contribution is 2.02. The zero-order valence-electron chi connectivity index (χ0n) is 7.96. The molecule has 0 radical (unpaired) electrons. The van der Waals surface area contributed by atoms with Gasteiger partial charge in [0, 0.05) is 13.3 Å². The third-order valence-corrected chi connectivity index (χ3v) is 1.27. The smallest absolute Gasteiger partial charge is 0.227 e. The highest BCUT2D eigenvalue weighted by molar-refractivity contribution is 5.92. The molecular formula is C8H16N2O2. The van der Waals surface area contributed by atoms with E-state index in [0.717, 1.165) is 0 Å². The highest BCUT2D eigenvalue weighted by Gasteiger charge is 2.11. The summed E-state index contributed by atoms with van der Waals surface area (Å²) < 4.78 is 0. The van der Waals surface area contributed by atoms with Crippen molar-refractivity contribution in [3.05, 3.63) is 0 Å². The van der Waals surface area contributed by atoms with Crippen molar-refractivity contribution in [2.45, 2.75) is 26.5 Å². The second-order valence-electron chi connectivity index (χ2n) is 3.18. The van der Waals surface area contributed by atoms with Gasteiger partial charge in [-0.25, -0.2) is 0 Å². The van der Waals surface area contributed by atoms with E-state index in [-0.39, 0.29) is 11.8 Å². The molecule has 1 amide bonds. The van der Waals surface area contributed by atoms with E-state index in [0.29, 0.717) is 0 Å². The van der Waals surface area contributed by atoms with Gasteiger partial charge in [0.25, 0.3) is 0 Å². The van der Waals surface area contributed by atoms with Crippen molar-refractivity contribution in [3.63, 3.8) is 0 Å². The van der Waals surface area contributed by atoms with Gasteiger partial charge >= 0.3 is 0 Å². The quantitative estimate of drug-likeness (QED) is 0.596. The van der Waals surface area contributed by atoms with Gasteiger partial charge in [0.2, 0.25) is 5.91 Å². The maximum Gasteiger partial charge on any atom is 0.227 e. The number of rotatable bonds is 3. The molecule has 0 fully saturated rings. The largest absolute Gasteiger partial charge is 0.370 e. The minimum absolute atomic E-state index is 0.108. The predicted octanol–water partition coefficient (Wildman–Crippen LogP) is 0.168. The topological polar surface area (TPSA) is 61.7 Å². The van der Waals surface area contributed by atoms with E-state index < -0.39 is 5.72 Å². The fourth-order valence-electron chi connectivity index (χ4n) is 0.590. The summed E-state index contributed by atoms with van der Waals surface area (Å²) in [5.74, 6) is -0.413. The Morgan fingerprint density at radius 3 is 2.50 bits per heavy atom. The number of carbonyl (C=O) groups excluding carboxylic acids is 1. The molecular weight excluding hydrogens is 156 g/mol. The first kappa shape index (κ1) is 11.1. The Hall–Kier alpha value is -0.900. The maximum absolute atomic E-state index is 10.9. The van der Waals surface area contributed by atoms with E-state index in [9.17, 15) is 9.90 Å². The first-order valence-corrected chi connectivity index (χ1v) is 3.86. The van der Waals surface area contributed by atoms with Gasteiger partial charge in [0.15, 0.2) is 0 Å². The SMILES string of the molecule is CNC(=O)C(C)C=NC(C)(C)O. The lowest BCUT2D eigenvalue weighted by Crippen LogP contribution is -2.27. The van der Waals surface area contributed by atoms with Gasteiger partial charge < -0.3 is 10.4 Å². The number of hydrogen-bond donors (Lipinski definition) is 2. The van der Waals surface area contributed by atoms with Gasteiger partial charge in [-0.05, 0) is 20.8 Å². The third-order valence-electron chi connectivity index (χ3n) is 1.27. The lowest BCUT2D eigenvalue weighted by atomic mass is 10.2. The Kier molecular flexibility index (Phi) is 3.89. The van der Waals surface area contributed by atoms with Crippen LogP contribution < -0.4 is 5.32 Å². The Balaban J connectivity index is 4.09. The lowest BCUT2D eigenvalue weighted by Gasteiger charge is -2.11. The fourth-order valence-corrected chi connectivity index (χ4v) is 0.590. The predicted molar refractivity (Wildman–Crippen MR) is 48.0 cm³/mol. The molecule has 0 saturated carbocycles. The zero-order valence-corrected chi connectivity index (χ0v) is 7.96. The number of hydrogen-bond acceptors (Lipinski definition) is 3. The molecule has 1 atom stereocenters. The van der Waals surface area contributed by atoms with E-state index in [1.807, 2.05) is 0 Å². The van der Waals surface area contributed by atoms with Crippen LogP contribution in [0.3, 0.4) is 0 Å². The van der Waals surface area contributed by atoms with Crippen molar-refractivity contribution in [1.29, 1.82) is 0 Å². The molecule has 12 heavy (non-hydrogen) atoms. The van der Waals surface area contributed by atoms with Gasteiger partial charge in [-0.3, -0.25) is 9.79 Å². The van der Waals surface area contributed by atoms with Gasteiger partial charge in [-0.2, -0.15) is 0 Å². The van der Waals surface area contributed by atoms with Crippen molar-refractivity contribution in [2.24, 2.45) is 10.9 Å². The van der Waals surface area contributed by atoms with E-state index >= 15 is 0 Å². The number of aliphatic imine (C=N–C) groups is 1. The first-order valence-electron chi connectivity index (χ1n) is 3.86. The van der Waals surface area contributed by atoms with Crippen LogP contribution in [0, 0.1) is 5.92 Å². The van der Waals surface area contributed by atoms with Gasteiger partial charge in [0.05, 0.1) is 5.92 Å². The molecule has 0 aliphatic carbocycles. The molecule has 0 aromatic carbocycles. The molecule has 0 aromatic rings. The van der Waals surface area contributed by atoms with Crippen molar-refractivity contribution < 1.29 is 9.90 Å². The normalized spacial score (nSPS) is 14.8. The van der Waals surface area contributed by atoms with Crippen LogP contribution in [0.2, 0.25) is 0 Å². The van der Waals surface area contributed by atoms with Crippen LogP contribution in [-0.4, -0.2) is 30.0 Å². The summed E-state index contributed by atoms with van der Waals surface area (Å²) in [5.41, 5.74) is -1.09. The summed E-state index contributed by atoms with van der Waals surface area (Å²) in [6.45, 7) is 4.83. The third kappa shape index (κ3) is 4.85. The summed E-state index contributed by atoms with van der Waals surface area (Å²) in [4.78, 5) is 14.7. The van der Waals surface area contributed by atoms with E-state index in [1.165, 1.54) is 6.21 Å². The van der Waals surface area contributed by atoms with Gasteiger partial charge in [0.1, 0.15) is 5.72 Å². The van der Waals surface area contributed by atoms with Crippen LogP contribution in [0.5, 0.6) is 0 Å². The molecule has 0 spiro atoms. The first-order chi connectivity index (χ1) is 5.37. The zero-order chi connectivity index (χ0) is 9.78. The van der Waals surface area contributed by atoms with Crippen molar-refractivity contribution in [1.82, 2.24) is 5.32 Å². The number of carbonyl (C=O) groups is 1. The number of aliphatic hydroxyl groups is 1. The molecule has 2 N–H and O–H groups in total. The minimum Gasteiger partial charge on any atom is -0.370 e. The molecule has 4 heteroatoms. The summed E-state index contributed by atoms with van der Waals surface area (Å²) in [6.07, 6.45) is 1.44. The summed E-state index contributed by atoms with van der Waals surface area (Å²) in [5, 5.41) is 11.7. The van der Waals surface area contributed by atoms with E-state index in [2.05, 4.69) is 10.3 Å². The second kappa shape index (κ2) is 4.21. The van der Waals surface area contributed by atoms with Crippen molar-refractivity contribution in [3.8, 4) is 0 Å². The number of nitrogens with zero attached hydrogens (tertiary/aromatic N) is 1. The number of amides is 1. The molecule has 0 heterocycles. The Morgan fingerprint density at radius 1 is 1.67 bits per heavy atom. The van der Waals surface area contributed by atoms with Gasteiger partial charge in [-0.1, -0.05) is 0 Å². The van der Waals surface area contributed by atoms with E-state index in [4.69, 9.17) is 0 Å². The molecule has 0 saturated heterocycles. The standard InChI is InChI=1S/C8H16N2O2/c1-6(7(11)9-4)5-10-8(2,3)12/h5-6,12H,1-4H3,(H,9,11). The van der Waals surface area contributed by atoms with Crippen LogP contribution in [0.15, 0.2) is 4.99 Å². The highest BCUT2D eigenvalue weighted by atomic mass is 16.3. The molecule has 70 valence electrons. The summed E-state index contributed by atoms with van der Waals surface area (Å²) in [6, 6.07) is 0. The molecule has 0 aromatic heterocycles. The lowest BCUT2D eigenvalue weighted by molar-refractivity contribution is -0.122. The van der Waals surface area contributed by atoms with Crippen LogP contribution in [-0.2, 0) is 4.79 Å². The van der Waals surface area contributed by atoms with Crippen LogP contribution in [0.4, 0.5) is 0 Å². The Labute approximate surface area is 72.7 Å². The molecule has 0 bridgehead atoms. The maximum atomic E-state index is 10.9. The monoisotopic (exact) mass is 172 g/mol. The second-order valence-corrected chi connectivity index (χ2v) is 3.18. The average Bonchev–Trinajstić information content (AvgIpc) is 1.97. The Bertz CT molecular complexity index is 182. The van der Waals surface area contributed by atoms with Crippen molar-refractivity contribution in [2.75, 3.05) is 7.05 Å². The molecule has 4 nitrogen and oxygen atoms in total. The summed E-state index contributed by atoms with van der Waals surface area (Å²) >= 11 is 0. The van der Waals surface area contributed by atoms with Gasteiger partial charge in [-0.15, -0.1) is 0 Å². The van der Waals surface area contributed by atoms with Crippen LogP contribution in [0.25, 0.3) is 0 Å². The molecule has 0 rings (SSSR count). The van der Waals surface area contributed by atoms with Crippen molar-refractivity contribution >= 4 is 12.1 Å². The Morgan fingerprint density at radius 2 is 2.17 bits per heavy atom. The fraction of sp³-hybridized carbons (Fsp3) is 0.750. The molecule has 1 unspecified atom stereocenters. The molecule has 0 aliphatic rings. The summed E-state index contributed by atoms with van der Waals surface area (Å²) in [7, 11) is 1.57.